The molecule has 200 valence electrons. The van der Waals surface area contributed by atoms with Gasteiger partial charge >= 0.3 is 0 Å². The number of hydrogen-bond acceptors (Lipinski definition) is 5. The van der Waals surface area contributed by atoms with E-state index in [2.05, 4.69) is 20.8 Å². The molecule has 4 aromatic rings. The van der Waals surface area contributed by atoms with Gasteiger partial charge in [0.1, 0.15) is 12.7 Å². The van der Waals surface area contributed by atoms with Crippen molar-refractivity contribution in [3.05, 3.63) is 101 Å². The highest BCUT2D eigenvalue weighted by atomic mass is 19.2. The molecule has 1 heterocycles. The molecule has 0 spiro atoms. The molecule has 11 heteroatoms. The fourth-order valence-corrected chi connectivity index (χ4v) is 4.51. The van der Waals surface area contributed by atoms with Crippen LogP contribution in [0.4, 0.5) is 18.9 Å². The van der Waals surface area contributed by atoms with Crippen LogP contribution in [0.3, 0.4) is 0 Å². The molecule has 1 fully saturated rings. The number of ether oxygens (including phenoxy) is 1. The first-order chi connectivity index (χ1) is 18.8. The zero-order chi connectivity index (χ0) is 27.6. The van der Waals surface area contributed by atoms with Crippen LogP contribution < -0.4 is 15.4 Å². The highest BCUT2D eigenvalue weighted by molar-refractivity contribution is 6.04. The van der Waals surface area contributed by atoms with E-state index in [9.17, 15) is 22.8 Å². The number of benzene rings is 3. The van der Waals surface area contributed by atoms with Crippen LogP contribution in [0.2, 0.25) is 0 Å². The lowest BCUT2D eigenvalue weighted by atomic mass is 9.71. The Bertz CT molecular complexity index is 1500. The summed E-state index contributed by atoms with van der Waals surface area (Å²) in [5.74, 6) is -6.20. The van der Waals surface area contributed by atoms with Crippen LogP contribution >= 0.6 is 0 Å². The van der Waals surface area contributed by atoms with Gasteiger partial charge in [-0.15, -0.1) is 10.2 Å². The van der Waals surface area contributed by atoms with Crippen LogP contribution in [0.1, 0.15) is 52.5 Å². The first-order valence-corrected chi connectivity index (χ1v) is 12.3. The summed E-state index contributed by atoms with van der Waals surface area (Å²) in [5.41, 5.74) is 1.11. The van der Waals surface area contributed by atoms with Crippen molar-refractivity contribution in [2.75, 3.05) is 11.9 Å². The molecular weight excluding hydrogens is 511 g/mol. The van der Waals surface area contributed by atoms with Gasteiger partial charge in [0.25, 0.3) is 11.8 Å². The summed E-state index contributed by atoms with van der Waals surface area (Å²) in [5, 5.41) is 13.1. The van der Waals surface area contributed by atoms with Crippen molar-refractivity contribution in [1.82, 2.24) is 20.1 Å². The molecule has 8 nitrogen and oxygen atoms in total. The quantitative estimate of drug-likeness (QED) is 0.305. The second-order valence-corrected chi connectivity index (χ2v) is 9.13. The Balaban J connectivity index is 1.29. The topological polar surface area (TPSA) is 98.1 Å². The lowest BCUT2D eigenvalue weighted by molar-refractivity contribution is 0.0817. The maximum absolute atomic E-state index is 14.8. The Kier molecular flexibility index (Phi) is 7.05. The summed E-state index contributed by atoms with van der Waals surface area (Å²) in [6.07, 6.45) is 5.08. The van der Waals surface area contributed by atoms with Gasteiger partial charge in [0.15, 0.2) is 17.4 Å². The first-order valence-electron chi connectivity index (χ1n) is 12.3. The molecule has 1 saturated carbocycles. The third-order valence-electron chi connectivity index (χ3n) is 6.75. The van der Waals surface area contributed by atoms with Crippen molar-refractivity contribution in [1.29, 1.82) is 0 Å². The van der Waals surface area contributed by atoms with E-state index in [0.29, 0.717) is 30.2 Å². The van der Waals surface area contributed by atoms with Gasteiger partial charge in [-0.25, -0.2) is 8.78 Å². The zero-order valence-corrected chi connectivity index (χ0v) is 20.9. The third-order valence-corrected chi connectivity index (χ3v) is 6.75. The molecule has 1 aliphatic carbocycles. The van der Waals surface area contributed by atoms with Crippen LogP contribution in [0.25, 0.3) is 5.69 Å². The van der Waals surface area contributed by atoms with Gasteiger partial charge in [-0.3, -0.25) is 14.2 Å². The number of nitrogens with one attached hydrogen (secondary N) is 2. The van der Waals surface area contributed by atoms with Crippen LogP contribution in [-0.4, -0.2) is 33.2 Å². The average molecular weight is 536 g/mol. The van der Waals surface area contributed by atoms with Crippen molar-refractivity contribution < 1.29 is 27.5 Å². The molecule has 0 atom stereocenters. The van der Waals surface area contributed by atoms with E-state index in [-0.39, 0.29) is 12.5 Å². The second kappa shape index (κ2) is 10.6. The lowest BCUT2D eigenvalue weighted by Gasteiger charge is -2.43. The van der Waals surface area contributed by atoms with Crippen LogP contribution in [0.15, 0.2) is 67.3 Å². The molecule has 0 radical (unpaired) electrons. The van der Waals surface area contributed by atoms with Gasteiger partial charge in [-0.1, -0.05) is 12.1 Å². The van der Waals surface area contributed by atoms with Gasteiger partial charge in [-0.05, 0) is 74.2 Å². The Labute approximate surface area is 221 Å². The number of hydrogen-bond donors (Lipinski definition) is 2. The van der Waals surface area contributed by atoms with Crippen molar-refractivity contribution in [3.8, 4) is 11.4 Å². The fraction of sp³-hybridized carbons (Fsp3) is 0.214. The molecule has 1 aliphatic rings. The fourth-order valence-electron chi connectivity index (χ4n) is 4.51. The highest BCUT2D eigenvalue weighted by Crippen LogP contribution is 2.42. The van der Waals surface area contributed by atoms with Crippen molar-refractivity contribution in [2.45, 2.75) is 31.7 Å². The van der Waals surface area contributed by atoms with E-state index in [0.717, 1.165) is 17.7 Å². The predicted octanol–water partition coefficient (Wildman–Crippen LogP) is 5.14. The van der Waals surface area contributed by atoms with E-state index in [1.165, 1.54) is 6.92 Å². The number of halogens is 3. The summed E-state index contributed by atoms with van der Waals surface area (Å²) < 4.78 is 49.5. The number of rotatable bonds is 8. The molecule has 1 aromatic heterocycles. The molecule has 2 amide bonds. The van der Waals surface area contributed by atoms with E-state index in [4.69, 9.17) is 4.74 Å². The maximum Gasteiger partial charge on any atom is 0.255 e. The summed E-state index contributed by atoms with van der Waals surface area (Å²) in [6.45, 7) is 1.40. The summed E-state index contributed by atoms with van der Waals surface area (Å²) >= 11 is 0. The van der Waals surface area contributed by atoms with Crippen LogP contribution in [0, 0.1) is 17.5 Å². The monoisotopic (exact) mass is 535 g/mol. The van der Waals surface area contributed by atoms with Gasteiger partial charge in [-0.2, -0.15) is 4.39 Å². The first kappa shape index (κ1) is 26.0. The van der Waals surface area contributed by atoms with E-state index in [1.54, 1.807) is 65.8 Å². The van der Waals surface area contributed by atoms with E-state index in [1.807, 2.05) is 0 Å². The Morgan fingerprint density at radius 2 is 1.62 bits per heavy atom. The molecule has 5 rings (SSSR count). The van der Waals surface area contributed by atoms with Crippen molar-refractivity contribution >= 4 is 17.5 Å². The standard InChI is InChI=1S/C28H24F3N5O3/c1-2-39-25-23(30)21(14-22(29)24(25)31)27(38)35-28(12-3-13-28)18-6-8-19(9-7-18)34-26(37)17-4-10-20(11-5-17)36-15-32-33-16-36/h4-11,14-16H,2-3,12-13H2,1H3,(H,34,37)(H,35,38). The molecule has 3 aromatic carbocycles. The van der Waals surface area contributed by atoms with Gasteiger partial charge in [0.05, 0.1) is 17.7 Å². The number of carbonyl (C=O) groups is 2. The summed E-state index contributed by atoms with van der Waals surface area (Å²) in [4.78, 5) is 25.7. The molecular formula is C28H24F3N5O3. The smallest absolute Gasteiger partial charge is 0.255 e. The number of anilines is 1. The van der Waals surface area contributed by atoms with Crippen molar-refractivity contribution in [2.24, 2.45) is 0 Å². The van der Waals surface area contributed by atoms with Gasteiger partial charge < -0.3 is 15.4 Å². The summed E-state index contributed by atoms with van der Waals surface area (Å²) in [7, 11) is 0. The average Bonchev–Trinajstić information content (AvgIpc) is 3.46. The SMILES string of the molecule is CCOc1c(F)c(F)cc(C(=O)NC2(c3ccc(NC(=O)c4ccc(-n5cnnc5)cc4)cc3)CCC2)c1F. The minimum atomic E-state index is -1.48. The molecule has 0 unspecified atom stereocenters. The van der Waals surface area contributed by atoms with Gasteiger partial charge in [0, 0.05) is 16.9 Å². The number of aromatic nitrogens is 3. The minimum Gasteiger partial charge on any atom is -0.488 e. The van der Waals surface area contributed by atoms with Crippen molar-refractivity contribution in [3.63, 3.8) is 0 Å². The number of carbonyl (C=O) groups excluding carboxylic acids is 2. The van der Waals surface area contributed by atoms with E-state index >= 15 is 0 Å². The Hall–Kier alpha value is -4.67. The maximum atomic E-state index is 14.8. The lowest BCUT2D eigenvalue weighted by Crippen LogP contribution is -2.51. The third kappa shape index (κ3) is 5.07. The number of amides is 2. The van der Waals surface area contributed by atoms with Crippen LogP contribution in [0.5, 0.6) is 5.75 Å². The Morgan fingerprint density at radius 3 is 2.21 bits per heavy atom. The predicted molar refractivity (Wildman–Crippen MR) is 136 cm³/mol. The minimum absolute atomic E-state index is 0.0975. The normalized spacial score (nSPS) is 13.8. The Morgan fingerprint density at radius 1 is 0.949 bits per heavy atom. The molecule has 0 aliphatic heterocycles. The second-order valence-electron chi connectivity index (χ2n) is 9.13. The zero-order valence-electron chi connectivity index (χ0n) is 20.9. The molecule has 39 heavy (non-hydrogen) atoms. The molecule has 0 saturated heterocycles. The largest absolute Gasteiger partial charge is 0.488 e. The molecule has 0 bridgehead atoms. The van der Waals surface area contributed by atoms with Gasteiger partial charge in [0.2, 0.25) is 5.82 Å². The van der Waals surface area contributed by atoms with Crippen LogP contribution in [-0.2, 0) is 5.54 Å². The number of nitrogens with zero attached hydrogens (tertiary/aromatic N) is 3. The highest BCUT2D eigenvalue weighted by Gasteiger charge is 2.41. The summed E-state index contributed by atoms with van der Waals surface area (Å²) in [6, 6.07) is 14.4. The molecule has 2 N–H and O–H groups in total. The van der Waals surface area contributed by atoms with E-state index < -0.39 is 40.2 Å².